The monoisotopic (exact) mass is 197 g/mol. The van der Waals surface area contributed by atoms with Crippen molar-refractivity contribution in [1.82, 2.24) is 5.32 Å². The van der Waals surface area contributed by atoms with E-state index in [1.54, 1.807) is 11.8 Å². The molecule has 0 aliphatic heterocycles. The molecule has 1 aromatic carbocycles. The van der Waals surface area contributed by atoms with E-state index in [9.17, 15) is 0 Å². The summed E-state index contributed by atoms with van der Waals surface area (Å²) in [5.41, 5.74) is 1.25. The summed E-state index contributed by atoms with van der Waals surface area (Å²) in [6.07, 6.45) is 2.03. The summed E-state index contributed by atoms with van der Waals surface area (Å²) >= 11 is 1.68. The van der Waals surface area contributed by atoms with E-state index in [0.29, 0.717) is 5.94 Å². The summed E-state index contributed by atoms with van der Waals surface area (Å²) in [4.78, 5) is 0. The van der Waals surface area contributed by atoms with Crippen molar-refractivity contribution in [1.29, 1.82) is 0 Å². The molecule has 1 aromatic rings. The minimum Gasteiger partial charge on any atom is -0.483 e. The summed E-state index contributed by atoms with van der Waals surface area (Å²) in [5, 5.41) is 3.11. The van der Waals surface area contributed by atoms with Gasteiger partial charge < -0.3 is 10.1 Å². The predicted octanol–water partition coefficient (Wildman–Crippen LogP) is 2.11. The van der Waals surface area contributed by atoms with E-state index in [2.05, 4.69) is 17.4 Å². The third-order valence-electron chi connectivity index (χ3n) is 1.62. The summed E-state index contributed by atoms with van der Waals surface area (Å²) in [5.74, 6) is 1.66. The van der Waals surface area contributed by atoms with E-state index in [0.717, 1.165) is 12.3 Å². The number of thioether (sulfide) groups is 1. The standard InChI is InChI=1S/C10H15NOS/c1-11-7-9-4-3-5-10(6-9)12-8-13-2/h3-6,11H,7-8H2,1-2H3. The van der Waals surface area contributed by atoms with Gasteiger partial charge >= 0.3 is 0 Å². The topological polar surface area (TPSA) is 21.3 Å². The third kappa shape index (κ3) is 3.70. The molecule has 0 fully saturated rings. The van der Waals surface area contributed by atoms with E-state index >= 15 is 0 Å². The molecule has 0 saturated heterocycles. The van der Waals surface area contributed by atoms with Gasteiger partial charge in [0.25, 0.3) is 0 Å². The van der Waals surface area contributed by atoms with E-state index < -0.39 is 0 Å². The molecule has 0 aliphatic carbocycles. The second kappa shape index (κ2) is 5.89. The average molecular weight is 197 g/mol. The van der Waals surface area contributed by atoms with Crippen molar-refractivity contribution in [2.24, 2.45) is 0 Å². The van der Waals surface area contributed by atoms with Gasteiger partial charge in [0.2, 0.25) is 0 Å². The molecule has 0 amide bonds. The molecule has 1 rings (SSSR count). The minimum absolute atomic E-state index is 0.711. The Labute approximate surface area is 83.7 Å². The molecule has 0 aromatic heterocycles. The zero-order chi connectivity index (χ0) is 9.52. The van der Waals surface area contributed by atoms with Crippen LogP contribution in [0.15, 0.2) is 24.3 Å². The maximum atomic E-state index is 5.48. The third-order valence-corrected chi connectivity index (χ3v) is 1.98. The highest BCUT2D eigenvalue weighted by Crippen LogP contribution is 2.14. The first-order chi connectivity index (χ1) is 6.36. The molecule has 1 N–H and O–H groups in total. The Morgan fingerprint density at radius 3 is 3.00 bits per heavy atom. The van der Waals surface area contributed by atoms with Crippen LogP contribution in [0.4, 0.5) is 0 Å². The lowest BCUT2D eigenvalue weighted by Crippen LogP contribution is -2.05. The van der Waals surface area contributed by atoms with Crippen molar-refractivity contribution in [3.63, 3.8) is 0 Å². The van der Waals surface area contributed by atoms with Crippen molar-refractivity contribution >= 4 is 11.8 Å². The van der Waals surface area contributed by atoms with Gasteiger partial charge in [-0.1, -0.05) is 12.1 Å². The lowest BCUT2D eigenvalue weighted by molar-refractivity contribution is 0.393. The van der Waals surface area contributed by atoms with Crippen LogP contribution in [0.2, 0.25) is 0 Å². The minimum atomic E-state index is 0.711. The first-order valence-electron chi connectivity index (χ1n) is 4.22. The lowest BCUT2D eigenvalue weighted by Gasteiger charge is -2.05. The molecule has 72 valence electrons. The molecule has 0 spiro atoms. The van der Waals surface area contributed by atoms with Gasteiger partial charge in [0, 0.05) is 6.54 Å². The average Bonchev–Trinajstić information content (AvgIpc) is 2.16. The highest BCUT2D eigenvalue weighted by Gasteiger charge is 1.94. The maximum absolute atomic E-state index is 5.48. The molecule has 0 unspecified atom stereocenters. The van der Waals surface area contributed by atoms with E-state index in [1.807, 2.05) is 25.4 Å². The SMILES string of the molecule is CNCc1cccc(OCSC)c1. The van der Waals surface area contributed by atoms with Crippen molar-refractivity contribution in [3.8, 4) is 5.75 Å². The second-order valence-electron chi connectivity index (χ2n) is 2.73. The summed E-state index contributed by atoms with van der Waals surface area (Å²) in [7, 11) is 1.94. The zero-order valence-electron chi connectivity index (χ0n) is 8.04. The molecule has 0 saturated carbocycles. The number of benzene rings is 1. The van der Waals surface area contributed by atoms with Crippen LogP contribution in [0, 0.1) is 0 Å². The molecule has 0 bridgehead atoms. The summed E-state index contributed by atoms with van der Waals surface area (Å²) in [6.45, 7) is 0.885. The van der Waals surface area contributed by atoms with Crippen LogP contribution in [0.5, 0.6) is 5.75 Å². The van der Waals surface area contributed by atoms with Crippen molar-refractivity contribution in [2.75, 3.05) is 19.2 Å². The van der Waals surface area contributed by atoms with Gasteiger partial charge in [-0.2, -0.15) is 0 Å². The van der Waals surface area contributed by atoms with Gasteiger partial charge in [-0.05, 0) is 31.0 Å². The number of rotatable bonds is 5. The molecule has 0 aliphatic rings. The largest absolute Gasteiger partial charge is 0.483 e. The summed E-state index contributed by atoms with van der Waals surface area (Å²) < 4.78 is 5.48. The number of ether oxygens (including phenoxy) is 1. The number of hydrogen-bond donors (Lipinski definition) is 1. The fourth-order valence-electron chi connectivity index (χ4n) is 1.08. The fourth-order valence-corrected chi connectivity index (χ4v) is 1.33. The number of hydrogen-bond acceptors (Lipinski definition) is 3. The molecule has 0 atom stereocenters. The van der Waals surface area contributed by atoms with Crippen LogP contribution in [-0.2, 0) is 6.54 Å². The van der Waals surface area contributed by atoms with Gasteiger partial charge in [0.15, 0.2) is 0 Å². The fraction of sp³-hybridized carbons (Fsp3) is 0.400. The van der Waals surface area contributed by atoms with Crippen LogP contribution in [0.1, 0.15) is 5.56 Å². The van der Waals surface area contributed by atoms with Gasteiger partial charge in [-0.3, -0.25) is 0 Å². The Morgan fingerprint density at radius 1 is 1.46 bits per heavy atom. The van der Waals surface area contributed by atoms with Crippen LogP contribution in [-0.4, -0.2) is 19.2 Å². The first kappa shape index (κ1) is 10.4. The lowest BCUT2D eigenvalue weighted by atomic mass is 10.2. The van der Waals surface area contributed by atoms with Crippen LogP contribution in [0.25, 0.3) is 0 Å². The Hall–Kier alpha value is -0.670. The zero-order valence-corrected chi connectivity index (χ0v) is 8.86. The van der Waals surface area contributed by atoms with Crippen molar-refractivity contribution in [2.45, 2.75) is 6.54 Å². The summed E-state index contributed by atoms with van der Waals surface area (Å²) in [6, 6.07) is 8.15. The van der Waals surface area contributed by atoms with Gasteiger partial charge in [0.1, 0.15) is 11.7 Å². The van der Waals surface area contributed by atoms with Gasteiger partial charge in [0.05, 0.1) is 0 Å². The van der Waals surface area contributed by atoms with Crippen LogP contribution in [0.3, 0.4) is 0 Å². The predicted molar refractivity (Wildman–Crippen MR) is 58.2 cm³/mol. The maximum Gasteiger partial charge on any atom is 0.133 e. The Morgan fingerprint density at radius 2 is 2.31 bits per heavy atom. The quantitative estimate of drug-likeness (QED) is 0.730. The highest BCUT2D eigenvalue weighted by molar-refractivity contribution is 7.98. The van der Waals surface area contributed by atoms with Crippen molar-refractivity contribution < 1.29 is 4.74 Å². The smallest absolute Gasteiger partial charge is 0.133 e. The van der Waals surface area contributed by atoms with E-state index in [1.165, 1.54) is 5.56 Å². The van der Waals surface area contributed by atoms with Crippen LogP contribution >= 0.6 is 11.8 Å². The van der Waals surface area contributed by atoms with Crippen LogP contribution < -0.4 is 10.1 Å². The Kier molecular flexibility index (Phi) is 4.72. The van der Waals surface area contributed by atoms with Gasteiger partial charge in [-0.25, -0.2) is 0 Å². The van der Waals surface area contributed by atoms with Gasteiger partial charge in [-0.15, -0.1) is 11.8 Å². The Balaban J connectivity index is 2.56. The molecule has 3 heteroatoms. The molecule has 2 nitrogen and oxygen atoms in total. The molecule has 0 radical (unpaired) electrons. The highest BCUT2D eigenvalue weighted by atomic mass is 32.2. The number of nitrogens with one attached hydrogen (secondary N) is 1. The normalized spacial score (nSPS) is 10.0. The molecule has 13 heavy (non-hydrogen) atoms. The second-order valence-corrected chi connectivity index (χ2v) is 3.54. The molecular weight excluding hydrogens is 182 g/mol. The first-order valence-corrected chi connectivity index (χ1v) is 5.61. The van der Waals surface area contributed by atoms with Crippen molar-refractivity contribution in [3.05, 3.63) is 29.8 Å². The van der Waals surface area contributed by atoms with E-state index in [-0.39, 0.29) is 0 Å². The molecule has 0 heterocycles. The molecular formula is C10H15NOS. The Bertz CT molecular complexity index is 252. The van der Waals surface area contributed by atoms with E-state index in [4.69, 9.17) is 4.74 Å².